The molecule has 3 heterocycles. The summed E-state index contributed by atoms with van der Waals surface area (Å²) >= 11 is 5.16. The molecule has 0 bridgehead atoms. The zero-order valence-corrected chi connectivity index (χ0v) is 16.6. The number of hydrogen-bond acceptors (Lipinski definition) is 5. The lowest BCUT2D eigenvalue weighted by Gasteiger charge is -2.35. The van der Waals surface area contributed by atoms with Gasteiger partial charge in [0, 0.05) is 37.2 Å². The molecule has 4 rings (SSSR count). The number of amides is 1. The van der Waals surface area contributed by atoms with Gasteiger partial charge in [-0.05, 0) is 30.5 Å². The van der Waals surface area contributed by atoms with Crippen molar-refractivity contribution in [1.82, 2.24) is 15.2 Å². The average Bonchev–Trinajstić information content (AvgIpc) is 3.12. The second-order valence-electron chi connectivity index (χ2n) is 6.48. The van der Waals surface area contributed by atoms with E-state index in [2.05, 4.69) is 56.3 Å². The molecule has 1 aromatic heterocycles. The summed E-state index contributed by atoms with van der Waals surface area (Å²) in [6.07, 6.45) is 2.64. The van der Waals surface area contributed by atoms with E-state index in [-0.39, 0.29) is 11.9 Å². The van der Waals surface area contributed by atoms with Crippen molar-refractivity contribution in [2.45, 2.75) is 19.4 Å². The van der Waals surface area contributed by atoms with Gasteiger partial charge < -0.3 is 15.1 Å². The number of anilines is 1. The van der Waals surface area contributed by atoms with Crippen LogP contribution in [0.2, 0.25) is 0 Å². The van der Waals surface area contributed by atoms with Crippen LogP contribution in [-0.4, -0.2) is 48.5 Å². The Morgan fingerprint density at radius 2 is 2.12 bits per heavy atom. The summed E-state index contributed by atoms with van der Waals surface area (Å²) in [5.74, 6) is 0.0905. The summed E-state index contributed by atoms with van der Waals surface area (Å²) in [5.41, 5.74) is 2.56. The molecular weight excluding hydrogens is 400 g/mol. The lowest BCUT2D eigenvalue weighted by Crippen LogP contribution is -2.43. The van der Waals surface area contributed by atoms with Gasteiger partial charge in [0.15, 0.2) is 5.13 Å². The third kappa shape index (κ3) is 3.20. The van der Waals surface area contributed by atoms with Crippen molar-refractivity contribution >= 4 is 38.3 Å². The lowest BCUT2D eigenvalue weighted by molar-refractivity contribution is 0.0682. The minimum Gasteiger partial charge on any atom is -0.346 e. The Morgan fingerprint density at radius 3 is 2.92 bits per heavy atom. The molecule has 5 nitrogen and oxygen atoms in total. The monoisotopic (exact) mass is 420 g/mol. The van der Waals surface area contributed by atoms with E-state index in [0.717, 1.165) is 53.6 Å². The van der Waals surface area contributed by atoms with Crippen LogP contribution in [0.25, 0.3) is 0 Å². The Kier molecular flexibility index (Phi) is 4.80. The molecule has 1 aromatic carbocycles. The number of thiazole rings is 1. The minimum atomic E-state index is 0.0663. The van der Waals surface area contributed by atoms with E-state index in [1.54, 1.807) is 6.20 Å². The molecule has 1 amide bonds. The Balaban J connectivity index is 1.55. The summed E-state index contributed by atoms with van der Waals surface area (Å²) in [6.45, 7) is 6.69. The maximum Gasteiger partial charge on any atom is 0.266 e. The van der Waals surface area contributed by atoms with E-state index in [9.17, 15) is 4.79 Å². The van der Waals surface area contributed by atoms with Gasteiger partial charge in [-0.25, -0.2) is 4.98 Å². The van der Waals surface area contributed by atoms with Gasteiger partial charge in [-0.15, -0.1) is 0 Å². The van der Waals surface area contributed by atoms with Gasteiger partial charge in [0.2, 0.25) is 0 Å². The number of fused-ring (bicyclic) bond motifs is 1. The summed E-state index contributed by atoms with van der Waals surface area (Å²) in [7, 11) is 0. The first-order valence-electron chi connectivity index (χ1n) is 8.65. The summed E-state index contributed by atoms with van der Waals surface area (Å²) < 4.78 is 1.08. The number of halogens is 1. The van der Waals surface area contributed by atoms with Crippen molar-refractivity contribution in [2.24, 2.45) is 0 Å². The molecule has 1 saturated heterocycles. The van der Waals surface area contributed by atoms with Gasteiger partial charge in [-0.2, -0.15) is 0 Å². The zero-order chi connectivity index (χ0) is 17.4. The number of nitrogens with one attached hydrogen (secondary N) is 1. The largest absolute Gasteiger partial charge is 0.346 e. The molecule has 0 spiro atoms. The number of rotatable bonds is 2. The van der Waals surface area contributed by atoms with Gasteiger partial charge in [-0.1, -0.05) is 39.4 Å². The molecular formula is C18H21BrN4OS. The average molecular weight is 421 g/mol. The van der Waals surface area contributed by atoms with Gasteiger partial charge in [0.05, 0.1) is 12.2 Å². The standard InChI is InChI=1S/C18H21BrN4OS/c1-12-16-13(3-2-4-14(16)19)5-8-23(12)17(24)15-11-21-18(25-15)22-9-6-20-7-10-22/h2-4,11-12,20H,5-10H2,1H3. The Hall–Kier alpha value is -1.44. The van der Waals surface area contributed by atoms with Gasteiger partial charge in [0.25, 0.3) is 5.91 Å². The SMILES string of the molecule is CC1c2c(Br)cccc2CCN1C(=O)c1cnc(N2CCNCC2)s1. The minimum absolute atomic E-state index is 0.0663. The maximum absolute atomic E-state index is 13.1. The number of carbonyl (C=O) groups is 1. The van der Waals surface area contributed by atoms with E-state index in [1.807, 2.05) is 4.90 Å². The number of carbonyl (C=O) groups excluding carboxylic acids is 1. The van der Waals surface area contributed by atoms with E-state index in [0.29, 0.717) is 0 Å². The van der Waals surface area contributed by atoms with E-state index in [4.69, 9.17) is 0 Å². The second kappa shape index (κ2) is 7.05. The quantitative estimate of drug-likeness (QED) is 0.810. The molecule has 2 aliphatic heterocycles. The molecule has 0 radical (unpaired) electrons. The van der Waals surface area contributed by atoms with Crippen LogP contribution in [0.5, 0.6) is 0 Å². The number of piperazine rings is 1. The predicted octanol–water partition coefficient (Wildman–Crippen LogP) is 3.07. The van der Waals surface area contributed by atoms with Crippen molar-refractivity contribution in [3.05, 3.63) is 44.9 Å². The molecule has 0 aliphatic carbocycles. The molecule has 1 atom stereocenters. The molecule has 132 valence electrons. The number of nitrogens with zero attached hydrogens (tertiary/aromatic N) is 3. The van der Waals surface area contributed by atoms with Crippen LogP contribution >= 0.6 is 27.3 Å². The van der Waals surface area contributed by atoms with Crippen LogP contribution in [0.15, 0.2) is 28.9 Å². The molecule has 1 fully saturated rings. The Labute approximate surface area is 160 Å². The van der Waals surface area contributed by atoms with Crippen molar-refractivity contribution in [3.8, 4) is 0 Å². The Morgan fingerprint density at radius 1 is 1.32 bits per heavy atom. The molecule has 25 heavy (non-hydrogen) atoms. The molecule has 0 saturated carbocycles. The second-order valence-corrected chi connectivity index (χ2v) is 8.34. The molecule has 7 heteroatoms. The highest BCUT2D eigenvalue weighted by Gasteiger charge is 2.31. The fourth-order valence-electron chi connectivity index (χ4n) is 3.64. The van der Waals surface area contributed by atoms with Crippen LogP contribution in [0, 0.1) is 0 Å². The van der Waals surface area contributed by atoms with Crippen molar-refractivity contribution in [2.75, 3.05) is 37.6 Å². The number of aromatic nitrogens is 1. The summed E-state index contributed by atoms with van der Waals surface area (Å²) in [6, 6.07) is 6.35. The van der Waals surface area contributed by atoms with Crippen LogP contribution in [0.4, 0.5) is 5.13 Å². The molecule has 1 unspecified atom stereocenters. The van der Waals surface area contributed by atoms with Crippen molar-refractivity contribution in [1.29, 1.82) is 0 Å². The van der Waals surface area contributed by atoms with E-state index in [1.165, 1.54) is 22.5 Å². The zero-order valence-electron chi connectivity index (χ0n) is 14.2. The highest BCUT2D eigenvalue weighted by Crippen LogP contribution is 2.36. The van der Waals surface area contributed by atoms with Crippen molar-refractivity contribution < 1.29 is 4.79 Å². The maximum atomic E-state index is 13.1. The normalized spacial score (nSPS) is 20.5. The fraction of sp³-hybridized carbons (Fsp3) is 0.444. The topological polar surface area (TPSA) is 48.5 Å². The van der Waals surface area contributed by atoms with Crippen LogP contribution in [0.3, 0.4) is 0 Å². The third-order valence-electron chi connectivity index (χ3n) is 5.00. The van der Waals surface area contributed by atoms with Crippen LogP contribution < -0.4 is 10.2 Å². The van der Waals surface area contributed by atoms with Gasteiger partial charge >= 0.3 is 0 Å². The highest BCUT2D eigenvalue weighted by atomic mass is 79.9. The van der Waals surface area contributed by atoms with Crippen LogP contribution in [-0.2, 0) is 6.42 Å². The third-order valence-corrected chi connectivity index (χ3v) is 6.74. The first-order valence-corrected chi connectivity index (χ1v) is 10.3. The predicted molar refractivity (Wildman–Crippen MR) is 104 cm³/mol. The van der Waals surface area contributed by atoms with E-state index < -0.39 is 0 Å². The Bertz CT molecular complexity index is 787. The van der Waals surface area contributed by atoms with Crippen LogP contribution in [0.1, 0.15) is 33.8 Å². The summed E-state index contributed by atoms with van der Waals surface area (Å²) in [5, 5.41) is 4.30. The molecule has 2 aliphatic rings. The molecule has 1 N–H and O–H groups in total. The van der Waals surface area contributed by atoms with Gasteiger partial charge in [-0.3, -0.25) is 4.79 Å². The number of benzene rings is 1. The highest BCUT2D eigenvalue weighted by molar-refractivity contribution is 9.10. The van der Waals surface area contributed by atoms with E-state index >= 15 is 0 Å². The fourth-order valence-corrected chi connectivity index (χ4v) is 5.31. The van der Waals surface area contributed by atoms with Crippen molar-refractivity contribution in [3.63, 3.8) is 0 Å². The summed E-state index contributed by atoms with van der Waals surface area (Å²) in [4.78, 5) is 22.5. The lowest BCUT2D eigenvalue weighted by atomic mass is 9.93. The first kappa shape index (κ1) is 17.0. The molecule has 2 aromatic rings. The van der Waals surface area contributed by atoms with Gasteiger partial charge in [0.1, 0.15) is 4.88 Å². The smallest absolute Gasteiger partial charge is 0.266 e. The first-order chi connectivity index (χ1) is 12.1. The number of hydrogen-bond donors (Lipinski definition) is 1.